The summed E-state index contributed by atoms with van der Waals surface area (Å²) < 4.78 is 0. The van der Waals surface area contributed by atoms with Crippen molar-refractivity contribution >= 4 is 12.1 Å². The minimum Gasteiger partial charge on any atom is -0.303 e. The predicted molar refractivity (Wildman–Crippen MR) is 69.7 cm³/mol. The molecular formula is C15H16NO2+. The second kappa shape index (κ2) is 4.73. The summed E-state index contributed by atoms with van der Waals surface area (Å²) in [6.07, 6.45) is 0.985. The molecular weight excluding hydrogens is 226 g/mol. The molecule has 0 bridgehead atoms. The summed E-state index contributed by atoms with van der Waals surface area (Å²) >= 11 is 0. The maximum Gasteiger partial charge on any atom is 0.355 e. The molecule has 2 rings (SSSR count). The molecule has 18 heavy (non-hydrogen) atoms. The van der Waals surface area contributed by atoms with E-state index in [2.05, 4.69) is 10.9 Å². The van der Waals surface area contributed by atoms with Crippen LogP contribution in [0.4, 0.5) is 0 Å². The number of carbonyl (C=O) groups is 2. The van der Waals surface area contributed by atoms with Crippen LogP contribution in [0, 0.1) is 23.3 Å². The molecule has 0 aromatic heterocycles. The molecule has 2 atom stereocenters. The average molecular weight is 242 g/mol. The maximum atomic E-state index is 11.7. The molecule has 0 amide bonds. The average Bonchev–Trinajstić information content (AvgIpc) is 2.91. The molecule has 3 nitrogen and oxygen atoms in total. The standard InChI is InChI=1S/C15H16NO2/c1-15(2)12(13(15)10-17)8-16-9-14(18)11-6-4-3-5-7-11/h3-7,10,12-13H,8H2,1-2H3/q+1/t12?,13-/m1/s1. The number of nitrogens with zero attached hydrogens (tertiary/aromatic N) is 1. The van der Waals surface area contributed by atoms with Crippen LogP contribution < -0.4 is 0 Å². The van der Waals surface area contributed by atoms with E-state index in [0.717, 1.165) is 6.29 Å². The van der Waals surface area contributed by atoms with E-state index in [4.69, 9.17) is 0 Å². The molecule has 1 aromatic carbocycles. The van der Waals surface area contributed by atoms with Crippen molar-refractivity contribution in [1.29, 1.82) is 0 Å². The molecule has 1 unspecified atom stereocenters. The molecule has 0 heterocycles. The Labute approximate surface area is 107 Å². The smallest absolute Gasteiger partial charge is 0.303 e. The fourth-order valence-electron chi connectivity index (χ4n) is 2.28. The number of carbonyl (C=O) groups excluding carboxylic acids is 2. The van der Waals surface area contributed by atoms with Gasteiger partial charge in [-0.05, 0) is 5.41 Å². The van der Waals surface area contributed by atoms with Crippen molar-refractivity contribution in [2.24, 2.45) is 17.3 Å². The van der Waals surface area contributed by atoms with Crippen molar-refractivity contribution in [3.05, 3.63) is 40.7 Å². The third kappa shape index (κ3) is 2.33. The zero-order valence-corrected chi connectivity index (χ0v) is 10.6. The Bertz CT molecular complexity index is 522. The van der Waals surface area contributed by atoms with Gasteiger partial charge in [0.2, 0.25) is 0 Å². The number of hydrogen-bond donors (Lipinski definition) is 0. The second-order valence-corrected chi connectivity index (χ2v) is 5.24. The Morgan fingerprint density at radius 3 is 2.61 bits per heavy atom. The number of ketones is 1. The van der Waals surface area contributed by atoms with Gasteiger partial charge in [0.25, 0.3) is 6.54 Å². The van der Waals surface area contributed by atoms with E-state index in [1.165, 1.54) is 0 Å². The highest BCUT2D eigenvalue weighted by Crippen LogP contribution is 2.56. The van der Waals surface area contributed by atoms with Crippen LogP contribution in [0.2, 0.25) is 0 Å². The van der Waals surface area contributed by atoms with Crippen molar-refractivity contribution in [3.63, 3.8) is 0 Å². The molecule has 0 aliphatic heterocycles. The van der Waals surface area contributed by atoms with Crippen molar-refractivity contribution < 1.29 is 9.59 Å². The van der Waals surface area contributed by atoms with E-state index in [-0.39, 0.29) is 23.0 Å². The zero-order chi connectivity index (χ0) is 13.2. The monoisotopic (exact) mass is 242 g/mol. The van der Waals surface area contributed by atoms with Gasteiger partial charge in [-0.1, -0.05) is 49.0 Å². The van der Waals surface area contributed by atoms with Crippen molar-refractivity contribution in [3.8, 4) is 6.07 Å². The number of benzene rings is 1. The van der Waals surface area contributed by atoms with Gasteiger partial charge in [-0.3, -0.25) is 4.79 Å². The quantitative estimate of drug-likeness (QED) is 0.464. The number of rotatable bonds is 3. The summed E-state index contributed by atoms with van der Waals surface area (Å²) in [6.45, 7) is 4.59. The van der Waals surface area contributed by atoms with E-state index >= 15 is 0 Å². The second-order valence-electron chi connectivity index (χ2n) is 5.24. The van der Waals surface area contributed by atoms with Crippen LogP contribution in [0.5, 0.6) is 0 Å². The van der Waals surface area contributed by atoms with E-state index < -0.39 is 0 Å². The van der Waals surface area contributed by atoms with Crippen molar-refractivity contribution in [2.75, 3.05) is 6.54 Å². The van der Waals surface area contributed by atoms with E-state index in [1.807, 2.05) is 19.9 Å². The fraction of sp³-hybridized carbons (Fsp3) is 0.400. The molecule has 1 aliphatic rings. The molecule has 1 saturated carbocycles. The van der Waals surface area contributed by atoms with Gasteiger partial charge in [-0.25, -0.2) is 0 Å². The lowest BCUT2D eigenvalue weighted by Gasteiger charge is -1.93. The molecule has 0 radical (unpaired) electrons. The molecule has 3 heteroatoms. The molecule has 0 spiro atoms. The summed E-state index contributed by atoms with van der Waals surface area (Å²) in [5.74, 6) is 0.0951. The predicted octanol–water partition coefficient (Wildman–Crippen LogP) is 2.67. The Balaban J connectivity index is 1.95. The number of aldehydes is 1. The molecule has 0 N–H and O–H groups in total. The summed E-state index contributed by atoms with van der Waals surface area (Å²) in [5, 5.41) is 0. The Morgan fingerprint density at radius 2 is 2.06 bits per heavy atom. The largest absolute Gasteiger partial charge is 0.355 e. The van der Waals surface area contributed by atoms with Crippen LogP contribution in [-0.2, 0) is 4.79 Å². The van der Waals surface area contributed by atoms with Gasteiger partial charge in [-0.2, -0.15) is 0 Å². The van der Waals surface area contributed by atoms with Crippen molar-refractivity contribution in [1.82, 2.24) is 0 Å². The Hall–Kier alpha value is -1.95. The first-order chi connectivity index (χ1) is 8.57. The minimum atomic E-state index is -0.211. The van der Waals surface area contributed by atoms with Gasteiger partial charge >= 0.3 is 11.9 Å². The molecule has 0 saturated heterocycles. The van der Waals surface area contributed by atoms with Crippen molar-refractivity contribution in [2.45, 2.75) is 13.8 Å². The Kier molecular flexibility index (Phi) is 3.29. The summed E-state index contributed by atoms with van der Waals surface area (Å²) in [6, 6.07) is 11.5. The van der Waals surface area contributed by atoms with E-state index in [1.54, 1.807) is 24.3 Å². The van der Waals surface area contributed by atoms with Crippen LogP contribution in [0.15, 0.2) is 30.3 Å². The number of hydrogen-bond acceptors (Lipinski definition) is 2. The Morgan fingerprint density at radius 1 is 1.39 bits per heavy atom. The first kappa shape index (κ1) is 12.5. The minimum absolute atomic E-state index is 0.0166. The lowest BCUT2D eigenvalue weighted by Crippen LogP contribution is -1.95. The fourth-order valence-corrected chi connectivity index (χ4v) is 2.28. The highest BCUT2D eigenvalue weighted by Gasteiger charge is 2.60. The summed E-state index contributed by atoms with van der Waals surface area (Å²) in [4.78, 5) is 26.5. The highest BCUT2D eigenvalue weighted by molar-refractivity contribution is 6.08. The SMILES string of the molecule is CC1(C)C(C[N+]#CC(=O)c2ccccc2)[C@H]1C=O. The molecule has 1 fully saturated rings. The van der Waals surface area contributed by atoms with Crippen LogP contribution >= 0.6 is 0 Å². The summed E-state index contributed by atoms with van der Waals surface area (Å²) in [5.41, 5.74) is 0.603. The summed E-state index contributed by atoms with van der Waals surface area (Å²) in [7, 11) is 0. The van der Waals surface area contributed by atoms with Gasteiger partial charge < -0.3 is 4.79 Å². The molecule has 1 aliphatic carbocycles. The van der Waals surface area contributed by atoms with Crippen LogP contribution in [0.25, 0.3) is 4.85 Å². The first-order valence-corrected chi connectivity index (χ1v) is 6.04. The maximum absolute atomic E-state index is 11.7. The van der Waals surface area contributed by atoms with Gasteiger partial charge in [0, 0.05) is 11.5 Å². The highest BCUT2D eigenvalue weighted by atomic mass is 16.1. The van der Waals surface area contributed by atoms with E-state index in [0.29, 0.717) is 12.1 Å². The third-order valence-electron chi connectivity index (χ3n) is 3.79. The number of Topliss-reactive ketones (excluding diaryl/α,β-unsaturated/α-hetero) is 1. The van der Waals surface area contributed by atoms with Gasteiger partial charge in [0.15, 0.2) is 0 Å². The normalized spacial score (nSPS) is 23.7. The zero-order valence-electron chi connectivity index (χ0n) is 10.6. The first-order valence-electron chi connectivity index (χ1n) is 6.04. The van der Waals surface area contributed by atoms with Crippen LogP contribution in [-0.4, -0.2) is 18.6 Å². The van der Waals surface area contributed by atoms with E-state index in [9.17, 15) is 9.59 Å². The lowest BCUT2D eigenvalue weighted by atomic mass is 10.1. The molecule has 92 valence electrons. The topological polar surface area (TPSA) is 38.5 Å². The van der Waals surface area contributed by atoms with Gasteiger partial charge in [0.1, 0.15) is 6.29 Å². The molecule has 1 aromatic rings. The lowest BCUT2D eigenvalue weighted by molar-refractivity contribution is -0.109. The van der Waals surface area contributed by atoms with Crippen LogP contribution in [0.1, 0.15) is 24.2 Å². The third-order valence-corrected chi connectivity index (χ3v) is 3.79. The van der Waals surface area contributed by atoms with Gasteiger partial charge in [0.05, 0.1) is 5.92 Å². The van der Waals surface area contributed by atoms with Gasteiger partial charge in [-0.15, -0.1) is 0 Å². The van der Waals surface area contributed by atoms with Crippen LogP contribution in [0.3, 0.4) is 0 Å².